The summed E-state index contributed by atoms with van der Waals surface area (Å²) in [5, 5.41) is 13.6. The standard InChI is InChI=1S/C14H32N2O/c1-11(2)10-14(5,12(3)4)13(17)15-8-9-16(6)7/h11-13,15,17H,8-10H2,1-7H3. The molecule has 2 unspecified atom stereocenters. The minimum atomic E-state index is -0.426. The molecule has 0 aromatic heterocycles. The molecule has 0 bridgehead atoms. The van der Waals surface area contributed by atoms with Gasteiger partial charge in [0.2, 0.25) is 0 Å². The molecule has 0 heterocycles. The average Bonchev–Trinajstić information content (AvgIpc) is 2.15. The predicted molar refractivity (Wildman–Crippen MR) is 75.0 cm³/mol. The molecule has 0 aliphatic rings. The van der Waals surface area contributed by atoms with Gasteiger partial charge in [-0.15, -0.1) is 0 Å². The molecule has 0 spiro atoms. The molecule has 0 fully saturated rings. The van der Waals surface area contributed by atoms with Crippen LogP contribution in [0.3, 0.4) is 0 Å². The second-order valence-electron chi connectivity index (χ2n) is 6.42. The molecule has 17 heavy (non-hydrogen) atoms. The van der Waals surface area contributed by atoms with E-state index in [4.69, 9.17) is 0 Å². The highest BCUT2D eigenvalue weighted by molar-refractivity contribution is 4.85. The summed E-state index contributed by atoms with van der Waals surface area (Å²) < 4.78 is 0. The van der Waals surface area contributed by atoms with E-state index >= 15 is 0 Å². The van der Waals surface area contributed by atoms with E-state index in [0.29, 0.717) is 11.8 Å². The van der Waals surface area contributed by atoms with Gasteiger partial charge in [-0.05, 0) is 32.4 Å². The molecule has 0 aromatic rings. The molecule has 2 atom stereocenters. The summed E-state index contributed by atoms with van der Waals surface area (Å²) in [6, 6.07) is 0. The third kappa shape index (κ3) is 5.84. The number of hydrogen-bond donors (Lipinski definition) is 2. The summed E-state index contributed by atoms with van der Waals surface area (Å²) in [6.07, 6.45) is 0.616. The van der Waals surface area contributed by atoms with Gasteiger partial charge < -0.3 is 10.0 Å². The lowest BCUT2D eigenvalue weighted by Gasteiger charge is -2.40. The number of nitrogens with zero attached hydrogens (tertiary/aromatic N) is 1. The highest BCUT2D eigenvalue weighted by Gasteiger charge is 2.36. The van der Waals surface area contributed by atoms with Crippen LogP contribution in [-0.4, -0.2) is 43.4 Å². The van der Waals surface area contributed by atoms with Gasteiger partial charge in [0, 0.05) is 18.5 Å². The first kappa shape index (κ1) is 16.9. The van der Waals surface area contributed by atoms with E-state index in [9.17, 15) is 5.11 Å². The van der Waals surface area contributed by atoms with Crippen molar-refractivity contribution in [3.8, 4) is 0 Å². The number of likely N-dealkylation sites (N-methyl/N-ethyl adjacent to an activating group) is 1. The van der Waals surface area contributed by atoms with Gasteiger partial charge in [-0.2, -0.15) is 0 Å². The molecular formula is C14H32N2O. The van der Waals surface area contributed by atoms with Gasteiger partial charge in [-0.1, -0.05) is 34.6 Å². The first-order chi connectivity index (χ1) is 7.70. The van der Waals surface area contributed by atoms with E-state index in [1.165, 1.54) is 0 Å². The smallest absolute Gasteiger partial charge is 0.110 e. The summed E-state index contributed by atoms with van der Waals surface area (Å²) in [5.41, 5.74) is -0.0551. The third-order valence-electron chi connectivity index (χ3n) is 3.69. The summed E-state index contributed by atoms with van der Waals surface area (Å²) >= 11 is 0. The fourth-order valence-electron chi connectivity index (χ4n) is 2.20. The Bertz CT molecular complexity index is 204. The fourth-order valence-corrected chi connectivity index (χ4v) is 2.20. The van der Waals surface area contributed by atoms with Crippen LogP contribution >= 0.6 is 0 Å². The Balaban J connectivity index is 4.38. The van der Waals surface area contributed by atoms with Crippen LogP contribution in [0.5, 0.6) is 0 Å². The molecule has 3 heteroatoms. The quantitative estimate of drug-likeness (QED) is 0.642. The molecular weight excluding hydrogens is 212 g/mol. The zero-order valence-electron chi connectivity index (χ0n) is 12.7. The Morgan fingerprint density at radius 3 is 2.06 bits per heavy atom. The van der Waals surface area contributed by atoms with Crippen molar-refractivity contribution < 1.29 is 5.11 Å². The van der Waals surface area contributed by atoms with Crippen molar-refractivity contribution in [2.24, 2.45) is 17.3 Å². The number of aliphatic hydroxyl groups excluding tert-OH is 1. The Labute approximate surface area is 108 Å². The zero-order chi connectivity index (χ0) is 13.6. The van der Waals surface area contributed by atoms with E-state index in [1.54, 1.807) is 0 Å². The van der Waals surface area contributed by atoms with Gasteiger partial charge in [0.1, 0.15) is 6.23 Å². The van der Waals surface area contributed by atoms with Crippen molar-refractivity contribution in [2.45, 2.75) is 47.3 Å². The summed E-state index contributed by atoms with van der Waals surface area (Å²) in [7, 11) is 4.09. The molecule has 2 N–H and O–H groups in total. The maximum absolute atomic E-state index is 10.4. The number of aliphatic hydroxyl groups is 1. The Morgan fingerprint density at radius 1 is 1.18 bits per heavy atom. The second-order valence-corrected chi connectivity index (χ2v) is 6.42. The molecule has 0 aromatic carbocycles. The van der Waals surface area contributed by atoms with Crippen LogP contribution in [0.1, 0.15) is 41.0 Å². The van der Waals surface area contributed by atoms with Crippen molar-refractivity contribution in [3.05, 3.63) is 0 Å². The van der Waals surface area contributed by atoms with Gasteiger partial charge in [-0.3, -0.25) is 5.32 Å². The maximum Gasteiger partial charge on any atom is 0.110 e. The van der Waals surface area contributed by atoms with Crippen LogP contribution in [0.2, 0.25) is 0 Å². The second kappa shape index (κ2) is 7.34. The third-order valence-corrected chi connectivity index (χ3v) is 3.69. The van der Waals surface area contributed by atoms with Gasteiger partial charge in [-0.25, -0.2) is 0 Å². The van der Waals surface area contributed by atoms with Crippen molar-refractivity contribution in [1.82, 2.24) is 10.2 Å². The van der Waals surface area contributed by atoms with Gasteiger partial charge in [0.05, 0.1) is 0 Å². The molecule has 0 amide bonds. The van der Waals surface area contributed by atoms with Gasteiger partial charge >= 0.3 is 0 Å². The Morgan fingerprint density at radius 2 is 1.71 bits per heavy atom. The predicted octanol–water partition coefficient (Wildman–Crippen LogP) is 2.16. The van der Waals surface area contributed by atoms with Crippen LogP contribution in [0, 0.1) is 17.3 Å². The summed E-state index contributed by atoms with van der Waals surface area (Å²) in [5.74, 6) is 1.07. The van der Waals surface area contributed by atoms with Crippen LogP contribution in [-0.2, 0) is 0 Å². The molecule has 0 saturated heterocycles. The molecule has 0 saturated carbocycles. The highest BCUT2D eigenvalue weighted by atomic mass is 16.3. The molecule has 0 rings (SSSR count). The Kier molecular flexibility index (Phi) is 7.29. The lowest BCUT2D eigenvalue weighted by molar-refractivity contribution is -0.0342. The van der Waals surface area contributed by atoms with E-state index in [0.717, 1.165) is 19.5 Å². The van der Waals surface area contributed by atoms with Crippen LogP contribution in [0.25, 0.3) is 0 Å². The molecule has 0 radical (unpaired) electrons. The minimum absolute atomic E-state index is 0.0551. The van der Waals surface area contributed by atoms with E-state index in [-0.39, 0.29) is 5.41 Å². The molecule has 0 aliphatic heterocycles. The minimum Gasteiger partial charge on any atom is -0.378 e. The summed E-state index contributed by atoms with van der Waals surface area (Å²) in [6.45, 7) is 12.8. The molecule has 104 valence electrons. The number of nitrogens with one attached hydrogen (secondary N) is 1. The normalized spacial score (nSPS) is 17.8. The zero-order valence-corrected chi connectivity index (χ0v) is 12.7. The fraction of sp³-hybridized carbons (Fsp3) is 1.00. The SMILES string of the molecule is CC(C)CC(C)(C(C)C)C(O)NCCN(C)C. The van der Waals surface area contributed by atoms with Crippen molar-refractivity contribution in [3.63, 3.8) is 0 Å². The number of rotatable bonds is 8. The van der Waals surface area contributed by atoms with Gasteiger partial charge in [0.25, 0.3) is 0 Å². The monoisotopic (exact) mass is 244 g/mol. The van der Waals surface area contributed by atoms with E-state index in [1.807, 2.05) is 14.1 Å². The van der Waals surface area contributed by atoms with Crippen LogP contribution in [0.15, 0.2) is 0 Å². The average molecular weight is 244 g/mol. The Hall–Kier alpha value is -0.120. The van der Waals surface area contributed by atoms with E-state index < -0.39 is 6.23 Å². The van der Waals surface area contributed by atoms with Crippen LogP contribution in [0.4, 0.5) is 0 Å². The van der Waals surface area contributed by atoms with Crippen molar-refractivity contribution in [2.75, 3.05) is 27.2 Å². The topological polar surface area (TPSA) is 35.5 Å². The largest absolute Gasteiger partial charge is 0.378 e. The van der Waals surface area contributed by atoms with E-state index in [2.05, 4.69) is 44.8 Å². The molecule has 3 nitrogen and oxygen atoms in total. The first-order valence-electron chi connectivity index (χ1n) is 6.76. The van der Waals surface area contributed by atoms with Gasteiger partial charge in [0.15, 0.2) is 0 Å². The molecule has 0 aliphatic carbocycles. The number of hydrogen-bond acceptors (Lipinski definition) is 3. The lowest BCUT2D eigenvalue weighted by atomic mass is 9.72. The van der Waals surface area contributed by atoms with Crippen molar-refractivity contribution in [1.29, 1.82) is 0 Å². The first-order valence-corrected chi connectivity index (χ1v) is 6.76. The van der Waals surface area contributed by atoms with Crippen LogP contribution < -0.4 is 5.32 Å². The lowest BCUT2D eigenvalue weighted by Crippen LogP contribution is -2.48. The maximum atomic E-state index is 10.4. The van der Waals surface area contributed by atoms with Crippen molar-refractivity contribution >= 4 is 0 Å². The highest BCUT2D eigenvalue weighted by Crippen LogP contribution is 2.36. The summed E-state index contributed by atoms with van der Waals surface area (Å²) in [4.78, 5) is 2.12.